The standard InChI is InChI=1S/C24H27F/c1-16(2)13-24(25)20(6)22-11-9-21(10-12-22)19(5)15-23-8-7-17(3)14-18(23)4/h7-9,11,13-15H,1,6,10,12H2,2-5H3/b19-15+,24-13+. The normalized spacial score (nSPS) is 15.6. The van der Waals surface area contributed by atoms with Gasteiger partial charge in [0.05, 0.1) is 0 Å². The highest BCUT2D eigenvalue weighted by atomic mass is 19.1. The predicted molar refractivity (Wildman–Crippen MR) is 108 cm³/mol. The quantitative estimate of drug-likeness (QED) is 0.494. The number of benzene rings is 1. The molecule has 130 valence electrons. The van der Waals surface area contributed by atoms with E-state index in [2.05, 4.69) is 64.3 Å². The first-order valence-electron chi connectivity index (χ1n) is 8.66. The Bertz CT molecular complexity index is 826. The lowest BCUT2D eigenvalue weighted by atomic mass is 9.89. The van der Waals surface area contributed by atoms with Crippen LogP contribution in [-0.2, 0) is 0 Å². The summed E-state index contributed by atoms with van der Waals surface area (Å²) in [5, 5.41) is 0. The van der Waals surface area contributed by atoms with Gasteiger partial charge in [-0.3, -0.25) is 0 Å². The highest BCUT2D eigenvalue weighted by Gasteiger charge is 2.13. The van der Waals surface area contributed by atoms with Crippen molar-refractivity contribution in [3.8, 4) is 0 Å². The van der Waals surface area contributed by atoms with Crippen molar-refractivity contribution in [2.75, 3.05) is 0 Å². The van der Waals surface area contributed by atoms with E-state index in [4.69, 9.17) is 0 Å². The Labute approximate surface area is 151 Å². The minimum atomic E-state index is -0.293. The van der Waals surface area contributed by atoms with Gasteiger partial charge >= 0.3 is 0 Å². The summed E-state index contributed by atoms with van der Waals surface area (Å²) < 4.78 is 14.1. The van der Waals surface area contributed by atoms with E-state index in [0.29, 0.717) is 11.1 Å². The molecule has 0 radical (unpaired) electrons. The Kier molecular flexibility index (Phi) is 6.14. The molecule has 25 heavy (non-hydrogen) atoms. The molecule has 1 heteroatoms. The highest BCUT2D eigenvalue weighted by molar-refractivity contribution is 5.62. The molecule has 0 amide bonds. The molecule has 1 aromatic carbocycles. The van der Waals surface area contributed by atoms with Gasteiger partial charge in [-0.05, 0) is 74.5 Å². The lowest BCUT2D eigenvalue weighted by Crippen LogP contribution is -1.98. The highest BCUT2D eigenvalue weighted by Crippen LogP contribution is 2.31. The first-order chi connectivity index (χ1) is 11.8. The van der Waals surface area contributed by atoms with Crippen LogP contribution in [0.4, 0.5) is 4.39 Å². The second kappa shape index (κ2) is 8.11. The van der Waals surface area contributed by atoms with Crippen LogP contribution in [0.15, 0.2) is 83.3 Å². The van der Waals surface area contributed by atoms with Crippen LogP contribution in [0.1, 0.15) is 43.4 Å². The van der Waals surface area contributed by atoms with Crippen LogP contribution < -0.4 is 0 Å². The van der Waals surface area contributed by atoms with Gasteiger partial charge in [0.25, 0.3) is 0 Å². The van der Waals surface area contributed by atoms with Crippen LogP contribution in [0.5, 0.6) is 0 Å². The van der Waals surface area contributed by atoms with E-state index < -0.39 is 0 Å². The molecule has 0 fully saturated rings. The van der Waals surface area contributed by atoms with Crippen LogP contribution in [0.2, 0.25) is 0 Å². The minimum Gasteiger partial charge on any atom is -0.206 e. The van der Waals surface area contributed by atoms with Gasteiger partial charge in [0.1, 0.15) is 5.83 Å². The summed E-state index contributed by atoms with van der Waals surface area (Å²) in [6.07, 6.45) is 9.46. The zero-order valence-electron chi connectivity index (χ0n) is 15.7. The van der Waals surface area contributed by atoms with Crippen LogP contribution in [-0.4, -0.2) is 0 Å². The summed E-state index contributed by atoms with van der Waals surface area (Å²) in [4.78, 5) is 0. The van der Waals surface area contributed by atoms with Crippen LogP contribution in [0.3, 0.4) is 0 Å². The number of halogens is 1. The molecule has 0 bridgehead atoms. The molecule has 2 rings (SSSR count). The van der Waals surface area contributed by atoms with Gasteiger partial charge in [0.2, 0.25) is 0 Å². The molecule has 1 aromatic rings. The second-order valence-corrected chi connectivity index (χ2v) is 6.89. The molecule has 0 aliphatic heterocycles. The zero-order chi connectivity index (χ0) is 18.6. The fourth-order valence-corrected chi connectivity index (χ4v) is 2.99. The van der Waals surface area contributed by atoms with Crippen LogP contribution >= 0.6 is 0 Å². The van der Waals surface area contributed by atoms with Crippen molar-refractivity contribution in [2.24, 2.45) is 0 Å². The van der Waals surface area contributed by atoms with Gasteiger partial charge in [-0.1, -0.05) is 60.7 Å². The molecule has 0 N–H and O–H groups in total. The molecule has 0 nitrogen and oxygen atoms in total. The van der Waals surface area contributed by atoms with Crippen molar-refractivity contribution in [3.05, 3.63) is 100.0 Å². The summed E-state index contributed by atoms with van der Waals surface area (Å²) in [5.74, 6) is -0.293. The third-order valence-corrected chi connectivity index (χ3v) is 4.50. The zero-order valence-corrected chi connectivity index (χ0v) is 15.7. The number of aryl methyl sites for hydroxylation is 2. The summed E-state index contributed by atoms with van der Waals surface area (Å²) >= 11 is 0. The first-order valence-corrected chi connectivity index (χ1v) is 8.66. The SMILES string of the molecule is C=C(C)/C=C(/F)C(=C)C1=CC=C(/C(C)=C/c2ccc(C)cc2C)CC1. The van der Waals surface area contributed by atoms with Crippen molar-refractivity contribution < 1.29 is 4.39 Å². The van der Waals surface area contributed by atoms with Gasteiger partial charge < -0.3 is 0 Å². The number of rotatable bonds is 5. The smallest absolute Gasteiger partial charge is 0.130 e. The molecule has 0 spiro atoms. The van der Waals surface area contributed by atoms with E-state index in [1.54, 1.807) is 6.92 Å². The lowest BCUT2D eigenvalue weighted by Gasteiger charge is -2.17. The molecular formula is C24H27F. The number of hydrogen-bond acceptors (Lipinski definition) is 0. The van der Waals surface area contributed by atoms with E-state index in [0.717, 1.165) is 18.4 Å². The molecule has 0 saturated heterocycles. The average Bonchev–Trinajstić information content (AvgIpc) is 2.56. The monoisotopic (exact) mass is 334 g/mol. The van der Waals surface area contributed by atoms with Gasteiger partial charge in [0, 0.05) is 5.57 Å². The van der Waals surface area contributed by atoms with Gasteiger partial charge in [-0.2, -0.15) is 0 Å². The van der Waals surface area contributed by atoms with Crippen LogP contribution in [0, 0.1) is 13.8 Å². The van der Waals surface area contributed by atoms with Crippen molar-refractivity contribution in [1.82, 2.24) is 0 Å². The lowest BCUT2D eigenvalue weighted by molar-refractivity contribution is 0.650. The third-order valence-electron chi connectivity index (χ3n) is 4.50. The van der Waals surface area contributed by atoms with Crippen molar-refractivity contribution >= 4 is 6.08 Å². The van der Waals surface area contributed by atoms with E-state index in [1.165, 1.54) is 33.9 Å². The molecule has 0 aromatic heterocycles. The topological polar surface area (TPSA) is 0 Å². The van der Waals surface area contributed by atoms with Crippen molar-refractivity contribution in [3.63, 3.8) is 0 Å². The predicted octanol–water partition coefficient (Wildman–Crippen LogP) is 7.34. The maximum Gasteiger partial charge on any atom is 0.130 e. The molecular weight excluding hydrogens is 307 g/mol. The van der Waals surface area contributed by atoms with E-state index in [9.17, 15) is 4.39 Å². The van der Waals surface area contributed by atoms with Crippen LogP contribution in [0.25, 0.3) is 6.08 Å². The summed E-state index contributed by atoms with van der Waals surface area (Å²) in [5.41, 5.74) is 8.48. The van der Waals surface area contributed by atoms with Gasteiger partial charge in [-0.15, -0.1) is 0 Å². The maximum absolute atomic E-state index is 14.1. The molecule has 0 heterocycles. The molecule has 0 atom stereocenters. The fourth-order valence-electron chi connectivity index (χ4n) is 2.99. The summed E-state index contributed by atoms with van der Waals surface area (Å²) in [6, 6.07) is 6.51. The summed E-state index contributed by atoms with van der Waals surface area (Å²) in [7, 11) is 0. The fraction of sp³-hybridized carbons (Fsp3) is 0.250. The Hall–Kier alpha value is -2.41. The largest absolute Gasteiger partial charge is 0.206 e. The van der Waals surface area contributed by atoms with Gasteiger partial charge in [-0.25, -0.2) is 4.39 Å². The van der Waals surface area contributed by atoms with Gasteiger partial charge in [0.15, 0.2) is 0 Å². The Balaban J connectivity index is 2.21. The molecule has 0 saturated carbocycles. The minimum absolute atomic E-state index is 0.293. The maximum atomic E-state index is 14.1. The first kappa shape index (κ1) is 18.9. The van der Waals surface area contributed by atoms with Crippen molar-refractivity contribution in [1.29, 1.82) is 0 Å². The Morgan fingerprint density at radius 3 is 2.24 bits per heavy atom. The summed E-state index contributed by atoms with van der Waals surface area (Å²) in [6.45, 7) is 15.8. The molecule has 1 aliphatic rings. The number of allylic oxidation sites excluding steroid dienone is 9. The van der Waals surface area contributed by atoms with E-state index >= 15 is 0 Å². The Morgan fingerprint density at radius 1 is 1.04 bits per heavy atom. The average molecular weight is 334 g/mol. The van der Waals surface area contributed by atoms with E-state index in [-0.39, 0.29) is 5.83 Å². The second-order valence-electron chi connectivity index (χ2n) is 6.89. The van der Waals surface area contributed by atoms with Crippen molar-refractivity contribution in [2.45, 2.75) is 40.5 Å². The third kappa shape index (κ3) is 5.03. The Morgan fingerprint density at radius 2 is 1.68 bits per heavy atom. The van der Waals surface area contributed by atoms with E-state index in [1.807, 2.05) is 6.08 Å². The number of hydrogen-bond donors (Lipinski definition) is 0. The molecule has 1 aliphatic carbocycles. The molecule has 0 unspecified atom stereocenters.